The van der Waals surface area contributed by atoms with Crippen LogP contribution < -0.4 is 0 Å². The molecular formula is C27H28BrCl2N5O. The molecule has 3 heterocycles. The molecule has 3 aromatic heterocycles. The molecule has 1 unspecified atom stereocenters. The monoisotopic (exact) mass is 587 g/mol. The highest BCUT2D eigenvalue weighted by Crippen LogP contribution is 2.36. The lowest BCUT2D eigenvalue weighted by atomic mass is 9.83. The zero-order chi connectivity index (χ0) is 25.2. The number of hydrogen-bond donors (Lipinski definition) is 1. The number of rotatable bonds is 7. The van der Waals surface area contributed by atoms with E-state index in [0.29, 0.717) is 28.1 Å². The van der Waals surface area contributed by atoms with Crippen LogP contribution in [0.25, 0.3) is 22.4 Å². The Bertz CT molecular complexity index is 1370. The van der Waals surface area contributed by atoms with Crippen LogP contribution in [0.5, 0.6) is 0 Å². The highest BCUT2D eigenvalue weighted by molar-refractivity contribution is 9.09. The van der Waals surface area contributed by atoms with E-state index in [1.54, 1.807) is 12.4 Å². The van der Waals surface area contributed by atoms with Crippen LogP contribution >= 0.6 is 39.1 Å². The van der Waals surface area contributed by atoms with E-state index >= 15 is 0 Å². The van der Waals surface area contributed by atoms with E-state index in [4.69, 9.17) is 28.2 Å². The summed E-state index contributed by atoms with van der Waals surface area (Å²) in [6.45, 7) is 3.04. The number of pyridine rings is 1. The zero-order valence-corrected chi connectivity index (χ0v) is 23.1. The maximum Gasteiger partial charge on any atom is 0.225 e. The number of aliphatic hydroxyl groups excluding tert-OH is 1. The summed E-state index contributed by atoms with van der Waals surface area (Å²) >= 11 is 16.2. The molecule has 0 spiro atoms. The highest BCUT2D eigenvalue weighted by atomic mass is 79.9. The minimum atomic E-state index is -0.916. The van der Waals surface area contributed by atoms with Crippen LogP contribution in [-0.4, -0.2) is 34.9 Å². The van der Waals surface area contributed by atoms with Gasteiger partial charge < -0.3 is 9.67 Å². The first-order chi connectivity index (χ1) is 17.4. The standard InChI is InChI=1S/C27H28BrCl2N5O/c1-16-6-8-17(9-7-16)15-35-23-22(19-12-20(29)14-31-13-19)32-27(30)34-25(23)33-26(35)24(36)21-5-3-2-4-18(21)10-11-28/h2-5,12-14,16-17,24,36H,6-11,15H2,1H3/t16-,17-,24?. The number of nitrogens with zero attached hydrogens (tertiary/aromatic N) is 5. The summed E-state index contributed by atoms with van der Waals surface area (Å²) in [6, 6.07) is 9.78. The van der Waals surface area contributed by atoms with Gasteiger partial charge >= 0.3 is 0 Å². The van der Waals surface area contributed by atoms with Crippen molar-refractivity contribution in [3.63, 3.8) is 0 Å². The predicted molar refractivity (Wildman–Crippen MR) is 148 cm³/mol. The van der Waals surface area contributed by atoms with E-state index in [1.165, 1.54) is 12.8 Å². The van der Waals surface area contributed by atoms with Gasteiger partial charge in [0, 0.05) is 29.8 Å². The Morgan fingerprint density at radius 1 is 1.08 bits per heavy atom. The third-order valence-electron chi connectivity index (χ3n) is 7.12. The number of aryl methyl sites for hydroxylation is 1. The van der Waals surface area contributed by atoms with Crippen molar-refractivity contribution in [2.75, 3.05) is 5.33 Å². The van der Waals surface area contributed by atoms with Crippen LogP contribution in [0.1, 0.15) is 55.7 Å². The maximum atomic E-state index is 11.7. The summed E-state index contributed by atoms with van der Waals surface area (Å²) in [7, 11) is 0. The Labute approximate surface area is 229 Å². The molecule has 188 valence electrons. The largest absolute Gasteiger partial charge is 0.380 e. The molecule has 0 bridgehead atoms. The molecule has 5 rings (SSSR count). The lowest BCUT2D eigenvalue weighted by Gasteiger charge is -2.28. The Kier molecular flexibility index (Phi) is 7.91. The average molecular weight is 589 g/mol. The number of fused-ring (bicyclic) bond motifs is 1. The van der Waals surface area contributed by atoms with E-state index in [0.717, 1.165) is 59.3 Å². The first kappa shape index (κ1) is 25.6. The highest BCUT2D eigenvalue weighted by Gasteiger charge is 2.28. The van der Waals surface area contributed by atoms with Crippen LogP contribution in [0.4, 0.5) is 0 Å². The van der Waals surface area contributed by atoms with Crippen molar-refractivity contribution in [1.29, 1.82) is 0 Å². The van der Waals surface area contributed by atoms with E-state index in [-0.39, 0.29) is 5.28 Å². The number of halogens is 3. The van der Waals surface area contributed by atoms with Crippen molar-refractivity contribution < 1.29 is 5.11 Å². The third kappa shape index (κ3) is 5.30. The van der Waals surface area contributed by atoms with Crippen LogP contribution in [0.2, 0.25) is 10.3 Å². The fraction of sp³-hybridized carbons (Fsp3) is 0.407. The summed E-state index contributed by atoms with van der Waals surface area (Å²) in [4.78, 5) is 18.1. The Morgan fingerprint density at radius 3 is 2.61 bits per heavy atom. The normalized spacial score (nSPS) is 19.0. The quantitative estimate of drug-likeness (QED) is 0.185. The molecule has 9 heteroatoms. The fourth-order valence-corrected chi connectivity index (χ4v) is 5.97. The molecule has 1 fully saturated rings. The summed E-state index contributed by atoms with van der Waals surface area (Å²) in [5.41, 5.74) is 4.47. The van der Waals surface area contributed by atoms with Crippen molar-refractivity contribution in [2.45, 2.75) is 51.7 Å². The minimum Gasteiger partial charge on any atom is -0.380 e. The minimum absolute atomic E-state index is 0.0920. The predicted octanol–water partition coefficient (Wildman–Crippen LogP) is 7.04. The van der Waals surface area contributed by atoms with Gasteiger partial charge in [-0.15, -0.1) is 0 Å². The van der Waals surface area contributed by atoms with Gasteiger partial charge in [-0.25, -0.2) is 9.97 Å². The number of aliphatic hydroxyl groups is 1. The molecule has 1 atom stereocenters. The van der Waals surface area contributed by atoms with Gasteiger partial charge in [-0.1, -0.05) is 71.6 Å². The first-order valence-corrected chi connectivity index (χ1v) is 14.2. The van der Waals surface area contributed by atoms with Gasteiger partial charge in [0.15, 0.2) is 5.65 Å². The lowest BCUT2D eigenvalue weighted by Crippen LogP contribution is -2.21. The number of imidazole rings is 1. The summed E-state index contributed by atoms with van der Waals surface area (Å²) in [6.07, 6.45) is 7.87. The molecule has 36 heavy (non-hydrogen) atoms. The van der Waals surface area contributed by atoms with Crippen LogP contribution in [0.15, 0.2) is 42.7 Å². The second-order valence-corrected chi connectivity index (χ2v) is 11.2. The molecule has 0 saturated heterocycles. The van der Waals surface area contributed by atoms with Gasteiger partial charge in [-0.05, 0) is 59.9 Å². The van der Waals surface area contributed by atoms with Gasteiger partial charge in [0.05, 0.1) is 5.02 Å². The van der Waals surface area contributed by atoms with Gasteiger partial charge in [-0.3, -0.25) is 4.98 Å². The number of benzene rings is 1. The number of alkyl halides is 1. The van der Waals surface area contributed by atoms with E-state index in [2.05, 4.69) is 48.4 Å². The smallest absolute Gasteiger partial charge is 0.225 e. The Morgan fingerprint density at radius 2 is 1.86 bits per heavy atom. The van der Waals surface area contributed by atoms with Crippen molar-refractivity contribution >= 4 is 50.3 Å². The molecule has 1 aliphatic carbocycles. The van der Waals surface area contributed by atoms with Crippen LogP contribution in [0, 0.1) is 11.8 Å². The van der Waals surface area contributed by atoms with Gasteiger partial charge in [0.1, 0.15) is 23.1 Å². The van der Waals surface area contributed by atoms with E-state index in [1.807, 2.05) is 24.3 Å². The average Bonchev–Trinajstić information content (AvgIpc) is 3.23. The third-order valence-corrected chi connectivity index (χ3v) is 7.89. The Hall–Kier alpha value is -2.06. The van der Waals surface area contributed by atoms with Crippen molar-refractivity contribution in [3.8, 4) is 11.3 Å². The summed E-state index contributed by atoms with van der Waals surface area (Å²) in [5, 5.41) is 13.1. The molecule has 0 aliphatic heterocycles. The first-order valence-electron chi connectivity index (χ1n) is 12.3. The molecule has 1 N–H and O–H groups in total. The molecule has 0 radical (unpaired) electrons. The molecule has 4 aromatic rings. The molecular weight excluding hydrogens is 561 g/mol. The molecule has 6 nitrogen and oxygen atoms in total. The zero-order valence-electron chi connectivity index (χ0n) is 20.0. The number of hydrogen-bond acceptors (Lipinski definition) is 5. The molecule has 1 aliphatic rings. The maximum absolute atomic E-state index is 11.7. The molecule has 1 saturated carbocycles. The molecule has 0 amide bonds. The lowest BCUT2D eigenvalue weighted by molar-refractivity contribution is 0.197. The van der Waals surface area contributed by atoms with Gasteiger partial charge in [0.2, 0.25) is 5.28 Å². The summed E-state index contributed by atoms with van der Waals surface area (Å²) < 4.78 is 2.11. The second kappa shape index (κ2) is 11.1. The van der Waals surface area contributed by atoms with Gasteiger partial charge in [0.25, 0.3) is 0 Å². The van der Waals surface area contributed by atoms with Crippen LogP contribution in [0.3, 0.4) is 0 Å². The van der Waals surface area contributed by atoms with Gasteiger partial charge in [-0.2, -0.15) is 4.98 Å². The van der Waals surface area contributed by atoms with E-state index < -0.39 is 6.10 Å². The van der Waals surface area contributed by atoms with Crippen molar-refractivity contribution in [3.05, 3.63) is 70.0 Å². The Balaban J connectivity index is 1.70. The van der Waals surface area contributed by atoms with E-state index in [9.17, 15) is 5.11 Å². The van der Waals surface area contributed by atoms with Crippen molar-refractivity contribution in [2.24, 2.45) is 11.8 Å². The molecule has 1 aromatic carbocycles. The topological polar surface area (TPSA) is 76.7 Å². The van der Waals surface area contributed by atoms with Crippen LogP contribution in [-0.2, 0) is 13.0 Å². The second-order valence-electron chi connectivity index (χ2n) is 9.65. The van der Waals surface area contributed by atoms with Crippen molar-refractivity contribution in [1.82, 2.24) is 24.5 Å². The number of aromatic nitrogens is 5. The fourth-order valence-electron chi connectivity index (χ4n) is 5.20. The summed E-state index contributed by atoms with van der Waals surface area (Å²) in [5.74, 6) is 1.78. The SMILES string of the molecule is C[C@H]1CC[C@H](Cn2c(C(O)c3ccccc3CCBr)nc3nc(Cl)nc(-c4cncc(Cl)c4)c32)CC1.